The van der Waals surface area contributed by atoms with Crippen molar-refractivity contribution in [2.75, 3.05) is 31.5 Å². The van der Waals surface area contributed by atoms with Crippen molar-refractivity contribution in [3.63, 3.8) is 0 Å². The van der Waals surface area contributed by atoms with Gasteiger partial charge in [-0.05, 0) is 56.3 Å². The van der Waals surface area contributed by atoms with Crippen molar-refractivity contribution in [2.45, 2.75) is 30.8 Å². The molecule has 1 aliphatic heterocycles. The van der Waals surface area contributed by atoms with Crippen LogP contribution in [0.4, 0.5) is 14.5 Å². The summed E-state index contributed by atoms with van der Waals surface area (Å²) in [6.45, 7) is 4.02. The molecule has 0 unspecified atom stereocenters. The number of anilines is 1. The molecule has 1 amide bonds. The topological polar surface area (TPSA) is 149 Å². The number of benzene rings is 1. The second-order valence-corrected chi connectivity index (χ2v) is 12.1. The van der Waals surface area contributed by atoms with Gasteiger partial charge in [0.15, 0.2) is 0 Å². The number of imidazole rings is 1. The van der Waals surface area contributed by atoms with E-state index in [0.29, 0.717) is 28.5 Å². The largest absolute Gasteiger partial charge is 0.480 e. The summed E-state index contributed by atoms with van der Waals surface area (Å²) in [5.74, 6) is -2.61. The van der Waals surface area contributed by atoms with Crippen LogP contribution in [0.5, 0.6) is 5.88 Å². The van der Waals surface area contributed by atoms with E-state index in [4.69, 9.17) is 4.74 Å². The fourth-order valence-corrected chi connectivity index (χ4v) is 6.21. The highest BCUT2D eigenvalue weighted by molar-refractivity contribution is 7.92. The number of nitrogens with zero attached hydrogens (tertiary/aromatic N) is 7. The van der Waals surface area contributed by atoms with E-state index in [2.05, 4.69) is 35.2 Å². The van der Waals surface area contributed by atoms with Gasteiger partial charge in [-0.2, -0.15) is 0 Å². The lowest BCUT2D eigenvalue weighted by Crippen LogP contribution is -2.24. The number of likely N-dealkylation sites (tertiary alicyclic amines) is 1. The minimum Gasteiger partial charge on any atom is -0.480 e. The minimum absolute atomic E-state index is 0.0680. The smallest absolute Gasteiger partial charge is 0.270 e. The fraction of sp³-hybridized carbons (Fsp3) is 0.276. The molecule has 5 aromatic rings. The highest BCUT2D eigenvalue weighted by Gasteiger charge is 2.23. The zero-order valence-electron chi connectivity index (χ0n) is 24.2. The second kappa shape index (κ2) is 12.6. The van der Waals surface area contributed by atoms with Crippen molar-refractivity contribution in [3.05, 3.63) is 84.2 Å². The Balaban J connectivity index is 1.19. The molecule has 0 saturated carbocycles. The molecule has 2 N–H and O–H groups in total. The van der Waals surface area contributed by atoms with Gasteiger partial charge in [0, 0.05) is 36.1 Å². The number of methoxy groups -OCH3 is 1. The molecule has 6 rings (SSSR count). The Morgan fingerprint density at radius 3 is 2.60 bits per heavy atom. The minimum atomic E-state index is -4.46. The molecule has 1 aliphatic rings. The Kier molecular flexibility index (Phi) is 8.40. The van der Waals surface area contributed by atoms with E-state index < -0.39 is 26.6 Å². The number of hydrogen-bond donors (Lipinski definition) is 2. The summed E-state index contributed by atoms with van der Waals surface area (Å²) in [7, 11) is -3.16. The number of pyridine rings is 2. The first-order valence-corrected chi connectivity index (χ1v) is 15.6. The Morgan fingerprint density at radius 2 is 1.82 bits per heavy atom. The van der Waals surface area contributed by atoms with E-state index in [0.717, 1.165) is 38.3 Å². The molecule has 0 radical (unpaired) electrons. The Hall–Kier alpha value is -4.96. The normalized spacial score (nSPS) is 13.8. The standard InChI is InChI=1S/C29H29F2N9O4S/c1-44-29-24(36-45(42,43)26-6-5-21(30)13-23(26)31)12-20(14-34-29)19-4-7-27-32-16-25(40(27)17-19)28(41)33-15-22-18-39(37-35-22)11-10-38-8-2-3-9-38/h4-7,12-14,16-18,36H,2-3,8-11,15H2,1H3,(H,33,41). The number of hydrogen-bond acceptors (Lipinski definition) is 9. The second-order valence-electron chi connectivity index (χ2n) is 10.5. The molecule has 1 saturated heterocycles. The summed E-state index contributed by atoms with van der Waals surface area (Å²) in [4.78, 5) is 23.3. The lowest BCUT2D eigenvalue weighted by atomic mass is 10.1. The Labute approximate surface area is 256 Å². The number of aromatic nitrogens is 6. The summed E-state index contributed by atoms with van der Waals surface area (Å²) >= 11 is 0. The molecular formula is C29H29F2N9O4S. The van der Waals surface area contributed by atoms with Gasteiger partial charge in [-0.1, -0.05) is 5.21 Å². The lowest BCUT2D eigenvalue weighted by molar-refractivity contribution is 0.0944. The molecule has 1 aromatic carbocycles. The number of sulfonamides is 1. The van der Waals surface area contributed by atoms with E-state index >= 15 is 0 Å². The summed E-state index contributed by atoms with van der Waals surface area (Å²) in [5.41, 5.74) is 2.35. The average Bonchev–Trinajstić information content (AvgIpc) is 3.79. The number of carbonyl (C=O) groups excluding carboxylic acids is 1. The van der Waals surface area contributed by atoms with Crippen LogP contribution in [-0.2, 0) is 23.1 Å². The first kappa shape index (κ1) is 30.1. The molecule has 13 nitrogen and oxygen atoms in total. The number of halogens is 2. The molecule has 0 atom stereocenters. The zero-order valence-corrected chi connectivity index (χ0v) is 25.0. The van der Waals surface area contributed by atoms with Gasteiger partial charge in [0.25, 0.3) is 15.9 Å². The average molecular weight is 638 g/mol. The van der Waals surface area contributed by atoms with E-state index in [-0.39, 0.29) is 29.7 Å². The highest BCUT2D eigenvalue weighted by Crippen LogP contribution is 2.31. The molecular weight excluding hydrogens is 608 g/mol. The van der Waals surface area contributed by atoms with Crippen LogP contribution >= 0.6 is 0 Å². The van der Waals surface area contributed by atoms with Crippen molar-refractivity contribution in [3.8, 4) is 17.0 Å². The van der Waals surface area contributed by atoms with Crippen molar-refractivity contribution < 1.29 is 26.7 Å². The third kappa shape index (κ3) is 6.61. The third-order valence-corrected chi connectivity index (χ3v) is 8.80. The SMILES string of the molecule is COc1ncc(-c2ccc3ncc(C(=O)NCc4cn(CCN5CCCC5)nn4)n3c2)cc1NS(=O)(=O)c1ccc(F)cc1F. The van der Waals surface area contributed by atoms with Gasteiger partial charge in [0.1, 0.15) is 39.3 Å². The fourth-order valence-electron chi connectivity index (χ4n) is 5.10. The van der Waals surface area contributed by atoms with E-state index in [9.17, 15) is 22.0 Å². The molecule has 16 heteroatoms. The van der Waals surface area contributed by atoms with Gasteiger partial charge in [-0.15, -0.1) is 5.10 Å². The summed E-state index contributed by atoms with van der Waals surface area (Å²) in [5, 5.41) is 11.2. The van der Waals surface area contributed by atoms with Crippen LogP contribution in [0.15, 0.2) is 66.1 Å². The van der Waals surface area contributed by atoms with E-state index in [1.54, 1.807) is 27.4 Å². The molecule has 0 aliphatic carbocycles. The van der Waals surface area contributed by atoms with Gasteiger partial charge in [0.2, 0.25) is 5.88 Å². The number of carbonyl (C=O) groups is 1. The van der Waals surface area contributed by atoms with Gasteiger partial charge >= 0.3 is 0 Å². The van der Waals surface area contributed by atoms with Crippen LogP contribution in [0, 0.1) is 11.6 Å². The van der Waals surface area contributed by atoms with Crippen molar-refractivity contribution >= 4 is 27.3 Å². The number of nitrogens with one attached hydrogen (secondary N) is 2. The van der Waals surface area contributed by atoms with Crippen LogP contribution < -0.4 is 14.8 Å². The molecule has 45 heavy (non-hydrogen) atoms. The molecule has 0 bridgehead atoms. The molecule has 5 heterocycles. The number of ether oxygens (including phenoxy) is 1. The predicted octanol–water partition coefficient (Wildman–Crippen LogP) is 3.10. The first-order chi connectivity index (χ1) is 21.7. The zero-order chi connectivity index (χ0) is 31.6. The van der Waals surface area contributed by atoms with E-state index in [1.807, 2.05) is 6.20 Å². The van der Waals surface area contributed by atoms with Crippen molar-refractivity contribution in [1.29, 1.82) is 0 Å². The van der Waals surface area contributed by atoms with Gasteiger partial charge in [0.05, 0.1) is 32.6 Å². The number of amides is 1. The van der Waals surface area contributed by atoms with Crippen molar-refractivity contribution in [2.24, 2.45) is 0 Å². The van der Waals surface area contributed by atoms with Gasteiger partial charge in [-0.3, -0.25) is 18.6 Å². The van der Waals surface area contributed by atoms with Gasteiger partial charge < -0.3 is 15.0 Å². The lowest BCUT2D eigenvalue weighted by Gasteiger charge is -2.13. The maximum atomic E-state index is 14.3. The predicted molar refractivity (Wildman–Crippen MR) is 159 cm³/mol. The molecule has 4 aromatic heterocycles. The highest BCUT2D eigenvalue weighted by atomic mass is 32.2. The third-order valence-electron chi connectivity index (χ3n) is 7.40. The monoisotopic (exact) mass is 637 g/mol. The summed E-state index contributed by atoms with van der Waals surface area (Å²) < 4.78 is 64.3. The first-order valence-electron chi connectivity index (χ1n) is 14.1. The molecule has 234 valence electrons. The Bertz CT molecular complexity index is 1970. The maximum absolute atomic E-state index is 14.3. The van der Waals surface area contributed by atoms with Crippen molar-refractivity contribution in [1.82, 2.24) is 39.6 Å². The number of fused-ring (bicyclic) bond motifs is 1. The van der Waals surface area contributed by atoms with Crippen LogP contribution in [0.3, 0.4) is 0 Å². The Morgan fingerprint density at radius 1 is 1.00 bits per heavy atom. The van der Waals surface area contributed by atoms with Crippen LogP contribution in [-0.4, -0.2) is 75.3 Å². The summed E-state index contributed by atoms with van der Waals surface area (Å²) in [6, 6.07) is 7.03. The van der Waals surface area contributed by atoms with Crippen LogP contribution in [0.1, 0.15) is 29.0 Å². The molecule has 0 spiro atoms. The van der Waals surface area contributed by atoms with Crippen LogP contribution in [0.25, 0.3) is 16.8 Å². The number of rotatable bonds is 11. The van der Waals surface area contributed by atoms with E-state index in [1.165, 1.54) is 38.4 Å². The molecule has 1 fully saturated rings. The van der Waals surface area contributed by atoms with Crippen LogP contribution in [0.2, 0.25) is 0 Å². The van der Waals surface area contributed by atoms with Gasteiger partial charge in [-0.25, -0.2) is 27.2 Å². The quantitative estimate of drug-likeness (QED) is 0.223. The maximum Gasteiger partial charge on any atom is 0.270 e. The summed E-state index contributed by atoms with van der Waals surface area (Å²) in [6.07, 6.45) is 8.83.